The number of carbonyl (C=O) groups excluding carboxylic acids is 2. The first-order valence-electron chi connectivity index (χ1n) is 11.8. The first-order valence-corrected chi connectivity index (χ1v) is 11.8. The number of Topliss-reactive ketones (excluding diaryl/α,β-unsaturated/α-hetero) is 2. The Morgan fingerprint density at radius 3 is 2.38 bits per heavy atom. The van der Waals surface area contributed by atoms with Crippen LogP contribution >= 0.6 is 0 Å². The zero-order chi connectivity index (χ0) is 23.6. The van der Waals surface area contributed by atoms with Crippen LogP contribution in [-0.4, -0.2) is 33.7 Å². The maximum absolute atomic E-state index is 13.7. The minimum Gasteiger partial charge on any atom is -0.437 e. The molecular weight excluding hydrogens is 428 g/mol. The molecule has 3 fully saturated rings. The monoisotopic (exact) mass is 454 g/mol. The molecule has 2 bridgehead atoms. The minimum absolute atomic E-state index is 0.00750. The molecule has 1 saturated carbocycles. The van der Waals surface area contributed by atoms with Crippen molar-refractivity contribution >= 4 is 11.6 Å². The van der Waals surface area contributed by atoms with Gasteiger partial charge in [0.25, 0.3) is 0 Å². The highest BCUT2D eigenvalue weighted by molar-refractivity contribution is 6.17. The Kier molecular flexibility index (Phi) is 4.88. The number of aryl methyl sites for hydroxylation is 3. The highest BCUT2D eigenvalue weighted by Gasteiger charge is 2.66. The van der Waals surface area contributed by atoms with E-state index in [0.29, 0.717) is 18.1 Å². The second kappa shape index (κ2) is 7.84. The van der Waals surface area contributed by atoms with Crippen LogP contribution in [0.3, 0.4) is 0 Å². The van der Waals surface area contributed by atoms with Gasteiger partial charge in [-0.2, -0.15) is 0 Å². The molecule has 6 heteroatoms. The quantitative estimate of drug-likeness (QED) is 0.536. The lowest BCUT2D eigenvalue weighted by Crippen LogP contribution is -2.34. The van der Waals surface area contributed by atoms with E-state index in [4.69, 9.17) is 9.47 Å². The Morgan fingerprint density at radius 1 is 0.941 bits per heavy atom. The molecule has 0 amide bonds. The molecule has 1 aromatic heterocycles. The Bertz CT molecular complexity index is 1280. The highest BCUT2D eigenvalue weighted by Crippen LogP contribution is 2.57. The number of hydrogen-bond donors (Lipinski definition) is 0. The molecule has 0 radical (unpaired) electrons. The largest absolute Gasteiger partial charge is 0.437 e. The molecule has 3 aliphatic rings. The van der Waals surface area contributed by atoms with Gasteiger partial charge in [-0.3, -0.25) is 14.6 Å². The molecule has 2 aromatic carbocycles. The van der Waals surface area contributed by atoms with E-state index >= 15 is 0 Å². The summed E-state index contributed by atoms with van der Waals surface area (Å²) in [7, 11) is 0. The fourth-order valence-corrected chi connectivity index (χ4v) is 6.38. The molecule has 34 heavy (non-hydrogen) atoms. The minimum atomic E-state index is -0.693. The Balaban J connectivity index is 1.29. The lowest BCUT2D eigenvalue weighted by atomic mass is 9.74. The number of carbonyl (C=O) groups is 2. The summed E-state index contributed by atoms with van der Waals surface area (Å²) in [6, 6.07) is 13.5. The predicted molar refractivity (Wildman–Crippen MR) is 125 cm³/mol. The average Bonchev–Trinajstić information content (AvgIpc) is 3.47. The van der Waals surface area contributed by atoms with Gasteiger partial charge in [-0.1, -0.05) is 35.9 Å². The van der Waals surface area contributed by atoms with E-state index in [1.54, 1.807) is 12.4 Å². The molecule has 0 spiro atoms. The first-order chi connectivity index (χ1) is 16.4. The second-order valence-electron chi connectivity index (χ2n) is 9.78. The summed E-state index contributed by atoms with van der Waals surface area (Å²) in [5, 5.41) is 0. The van der Waals surface area contributed by atoms with E-state index in [0.717, 1.165) is 27.9 Å². The first kappa shape index (κ1) is 21.2. The summed E-state index contributed by atoms with van der Waals surface area (Å²) < 4.78 is 12.1. The molecule has 6 atom stereocenters. The van der Waals surface area contributed by atoms with E-state index in [9.17, 15) is 9.59 Å². The van der Waals surface area contributed by atoms with Gasteiger partial charge in [-0.05, 0) is 56.0 Å². The number of rotatable bonds is 4. The standard InChI is InChI=1S/C28H26N2O4/c1-14-9-15(2)22(16(3)10-14)24-26(31)23-20-11-18(28(34-20)25(23)27(24)32)19-12-29-13-21(30-19)33-17-7-5-4-6-8-17/h4-10,12-13,18,20,23-25,28H,11H2,1-3H3/t18-,20-,23-,24?,25+,28+/m0/s1. The van der Waals surface area contributed by atoms with E-state index < -0.39 is 11.8 Å². The molecule has 1 aliphatic carbocycles. The lowest BCUT2D eigenvalue weighted by molar-refractivity contribution is -0.127. The fraction of sp³-hybridized carbons (Fsp3) is 0.357. The number of benzene rings is 2. The van der Waals surface area contributed by atoms with Gasteiger partial charge in [0.15, 0.2) is 11.6 Å². The molecule has 172 valence electrons. The van der Waals surface area contributed by atoms with Gasteiger partial charge in [0.1, 0.15) is 11.7 Å². The van der Waals surface area contributed by atoms with Gasteiger partial charge in [-0.25, -0.2) is 4.98 Å². The zero-order valence-electron chi connectivity index (χ0n) is 19.4. The van der Waals surface area contributed by atoms with Crippen LogP contribution in [0.4, 0.5) is 0 Å². The third-order valence-corrected chi connectivity index (χ3v) is 7.59. The summed E-state index contributed by atoms with van der Waals surface area (Å²) >= 11 is 0. The molecule has 2 saturated heterocycles. The Hall–Kier alpha value is -3.38. The van der Waals surface area contributed by atoms with Crippen LogP contribution in [0.25, 0.3) is 0 Å². The van der Waals surface area contributed by atoms with Crippen molar-refractivity contribution < 1.29 is 19.1 Å². The van der Waals surface area contributed by atoms with Gasteiger partial charge >= 0.3 is 0 Å². The number of hydrogen-bond acceptors (Lipinski definition) is 6. The van der Waals surface area contributed by atoms with Crippen molar-refractivity contribution in [3.05, 3.63) is 82.8 Å². The topological polar surface area (TPSA) is 78.4 Å². The van der Waals surface area contributed by atoms with Crippen LogP contribution in [0.5, 0.6) is 11.6 Å². The van der Waals surface area contributed by atoms with Crippen LogP contribution in [-0.2, 0) is 14.3 Å². The third-order valence-electron chi connectivity index (χ3n) is 7.59. The second-order valence-corrected chi connectivity index (χ2v) is 9.78. The van der Waals surface area contributed by atoms with Gasteiger partial charge < -0.3 is 9.47 Å². The van der Waals surface area contributed by atoms with Crippen molar-refractivity contribution in [1.29, 1.82) is 0 Å². The van der Waals surface area contributed by atoms with E-state index in [2.05, 4.69) is 22.1 Å². The van der Waals surface area contributed by atoms with Crippen molar-refractivity contribution in [3.8, 4) is 11.6 Å². The average molecular weight is 455 g/mol. The third kappa shape index (κ3) is 3.20. The van der Waals surface area contributed by atoms with Gasteiger partial charge in [0.05, 0.1) is 35.9 Å². The van der Waals surface area contributed by atoms with Crippen LogP contribution in [0.15, 0.2) is 54.9 Å². The van der Waals surface area contributed by atoms with Crippen LogP contribution < -0.4 is 4.74 Å². The van der Waals surface area contributed by atoms with Crippen molar-refractivity contribution in [2.45, 2.75) is 51.2 Å². The van der Waals surface area contributed by atoms with Crippen LogP contribution in [0, 0.1) is 32.6 Å². The highest BCUT2D eigenvalue weighted by atomic mass is 16.5. The molecular formula is C28H26N2O4. The predicted octanol–water partition coefficient (Wildman–Crippen LogP) is 4.62. The molecule has 2 aliphatic heterocycles. The van der Waals surface area contributed by atoms with E-state index in [1.165, 1.54) is 0 Å². The summed E-state index contributed by atoms with van der Waals surface area (Å²) in [5.41, 5.74) is 4.77. The fourth-order valence-electron chi connectivity index (χ4n) is 6.38. The van der Waals surface area contributed by atoms with E-state index in [-0.39, 0.29) is 35.6 Å². The summed E-state index contributed by atoms with van der Waals surface area (Å²) in [6.07, 6.45) is 3.34. The number of aromatic nitrogens is 2. The van der Waals surface area contributed by atoms with Crippen molar-refractivity contribution in [2.24, 2.45) is 11.8 Å². The molecule has 3 heterocycles. The van der Waals surface area contributed by atoms with Gasteiger partial charge in [-0.15, -0.1) is 0 Å². The molecule has 6 rings (SSSR count). The number of ether oxygens (including phenoxy) is 2. The zero-order valence-corrected chi connectivity index (χ0v) is 19.4. The molecule has 1 unspecified atom stereocenters. The lowest BCUT2D eigenvalue weighted by Gasteiger charge is -2.25. The Labute approximate surface area is 198 Å². The maximum Gasteiger partial charge on any atom is 0.238 e. The molecule has 3 aromatic rings. The van der Waals surface area contributed by atoms with E-state index in [1.807, 2.05) is 51.1 Å². The van der Waals surface area contributed by atoms with Crippen molar-refractivity contribution in [1.82, 2.24) is 9.97 Å². The molecule has 6 nitrogen and oxygen atoms in total. The van der Waals surface area contributed by atoms with Crippen molar-refractivity contribution in [3.63, 3.8) is 0 Å². The molecule has 0 N–H and O–H groups in total. The van der Waals surface area contributed by atoms with Crippen LogP contribution in [0.1, 0.15) is 46.2 Å². The normalized spacial score (nSPS) is 29.5. The van der Waals surface area contributed by atoms with Crippen LogP contribution in [0.2, 0.25) is 0 Å². The smallest absolute Gasteiger partial charge is 0.238 e. The number of fused-ring (bicyclic) bond motifs is 5. The maximum atomic E-state index is 13.7. The Morgan fingerprint density at radius 2 is 1.65 bits per heavy atom. The van der Waals surface area contributed by atoms with Gasteiger partial charge in [0.2, 0.25) is 5.88 Å². The summed E-state index contributed by atoms with van der Waals surface area (Å²) in [6.45, 7) is 6.02. The SMILES string of the molecule is Cc1cc(C)c(C2C(=O)[C@@H]3[C@@H]4O[C@@H](C[C@H]4c4cncc(Oc5ccccc5)n4)[C@@H]3C2=O)c(C)c1. The van der Waals surface area contributed by atoms with Gasteiger partial charge in [0, 0.05) is 12.1 Å². The number of ketones is 2. The summed E-state index contributed by atoms with van der Waals surface area (Å²) in [5.74, 6) is -0.481. The summed E-state index contributed by atoms with van der Waals surface area (Å²) in [4.78, 5) is 36.2. The van der Waals surface area contributed by atoms with Crippen molar-refractivity contribution in [2.75, 3.05) is 0 Å². The number of para-hydroxylation sites is 1. The number of nitrogens with zero attached hydrogens (tertiary/aromatic N) is 2.